The van der Waals surface area contributed by atoms with Crippen LogP contribution in [0.1, 0.15) is 26.2 Å². The summed E-state index contributed by atoms with van der Waals surface area (Å²) in [5, 5.41) is 2.59. The summed E-state index contributed by atoms with van der Waals surface area (Å²) >= 11 is 5.79. The summed E-state index contributed by atoms with van der Waals surface area (Å²) in [6.07, 6.45) is -3.12. The van der Waals surface area contributed by atoms with Gasteiger partial charge in [-0.05, 0) is 31.4 Å². The summed E-state index contributed by atoms with van der Waals surface area (Å²) in [5.74, 6) is 0.479. The van der Waals surface area contributed by atoms with Crippen LogP contribution in [0.2, 0.25) is 5.28 Å². The molecule has 1 aromatic rings. The van der Waals surface area contributed by atoms with E-state index in [0.717, 1.165) is 25.9 Å². The minimum atomic E-state index is -4.24. The van der Waals surface area contributed by atoms with Crippen LogP contribution in [0.5, 0.6) is 0 Å². The molecule has 0 aliphatic carbocycles. The molecule has 20 heavy (non-hydrogen) atoms. The van der Waals surface area contributed by atoms with Crippen molar-refractivity contribution in [2.24, 2.45) is 0 Å². The van der Waals surface area contributed by atoms with E-state index >= 15 is 0 Å². The Labute approximate surface area is 119 Å². The van der Waals surface area contributed by atoms with Crippen LogP contribution in [0.3, 0.4) is 0 Å². The first-order valence-electron chi connectivity index (χ1n) is 6.33. The summed E-state index contributed by atoms with van der Waals surface area (Å²) in [7, 11) is 0. The maximum absolute atomic E-state index is 12.3. The summed E-state index contributed by atoms with van der Waals surface area (Å²) in [6.45, 7) is 3.05. The predicted molar refractivity (Wildman–Crippen MR) is 70.0 cm³/mol. The minimum Gasteiger partial charge on any atom is -0.351 e. The van der Waals surface area contributed by atoms with Crippen molar-refractivity contribution in [1.82, 2.24) is 15.0 Å². The molecule has 1 aromatic heterocycles. The van der Waals surface area contributed by atoms with Gasteiger partial charge in [-0.15, -0.1) is 0 Å². The molecule has 1 saturated heterocycles. The van der Waals surface area contributed by atoms with E-state index in [1.807, 2.05) is 4.90 Å². The first kappa shape index (κ1) is 15.1. The van der Waals surface area contributed by atoms with Crippen LogP contribution in [-0.4, -0.2) is 40.3 Å². The van der Waals surface area contributed by atoms with E-state index in [2.05, 4.69) is 20.3 Å². The molecule has 9 heteroatoms. The molecule has 1 N–H and O–H groups in total. The Morgan fingerprint density at radius 2 is 1.90 bits per heavy atom. The molecule has 2 rings (SSSR count). The monoisotopic (exact) mass is 309 g/mol. The Kier molecular flexibility index (Phi) is 4.52. The zero-order valence-corrected chi connectivity index (χ0v) is 11.7. The van der Waals surface area contributed by atoms with Crippen molar-refractivity contribution >= 4 is 23.5 Å². The summed E-state index contributed by atoms with van der Waals surface area (Å²) in [5.41, 5.74) is 0. The van der Waals surface area contributed by atoms with Crippen molar-refractivity contribution in [3.63, 3.8) is 0 Å². The van der Waals surface area contributed by atoms with Gasteiger partial charge < -0.3 is 10.2 Å². The van der Waals surface area contributed by atoms with Crippen LogP contribution < -0.4 is 10.2 Å². The van der Waals surface area contributed by atoms with Crippen molar-refractivity contribution in [3.05, 3.63) is 5.28 Å². The lowest BCUT2D eigenvalue weighted by atomic mass is 10.2. The zero-order chi connectivity index (χ0) is 14.8. The number of nitrogens with zero attached hydrogens (tertiary/aromatic N) is 4. The Morgan fingerprint density at radius 1 is 1.25 bits per heavy atom. The Hall–Kier alpha value is -1.31. The summed E-state index contributed by atoms with van der Waals surface area (Å²) in [6, 6.07) is -0.833. The molecule has 2 heterocycles. The van der Waals surface area contributed by atoms with Gasteiger partial charge in [-0.2, -0.15) is 28.1 Å². The van der Waals surface area contributed by atoms with E-state index in [1.54, 1.807) is 0 Å². The average molecular weight is 310 g/mol. The van der Waals surface area contributed by atoms with Crippen molar-refractivity contribution in [2.75, 3.05) is 23.3 Å². The fourth-order valence-corrected chi connectivity index (χ4v) is 2.24. The molecule has 0 radical (unpaired) electrons. The highest BCUT2D eigenvalue weighted by atomic mass is 35.5. The number of anilines is 2. The van der Waals surface area contributed by atoms with Crippen molar-refractivity contribution in [2.45, 2.75) is 38.4 Å². The highest BCUT2D eigenvalue weighted by Gasteiger charge is 2.30. The smallest absolute Gasteiger partial charge is 0.351 e. The third kappa shape index (κ3) is 4.36. The zero-order valence-electron chi connectivity index (χ0n) is 10.9. The lowest BCUT2D eigenvalue weighted by molar-refractivity contribution is -0.136. The molecule has 1 atom stereocenters. The Morgan fingerprint density at radius 3 is 2.50 bits per heavy atom. The Bertz CT molecular complexity index is 462. The third-order valence-corrected chi connectivity index (χ3v) is 3.07. The molecule has 0 bridgehead atoms. The second kappa shape index (κ2) is 5.99. The van der Waals surface area contributed by atoms with Gasteiger partial charge in [0.1, 0.15) is 0 Å². The molecule has 5 nitrogen and oxygen atoms in total. The quantitative estimate of drug-likeness (QED) is 0.927. The first-order valence-corrected chi connectivity index (χ1v) is 6.71. The molecular formula is C11H15ClF3N5. The number of nitrogens with one attached hydrogen (secondary N) is 1. The van der Waals surface area contributed by atoms with Gasteiger partial charge in [-0.1, -0.05) is 0 Å². The molecule has 1 unspecified atom stereocenters. The lowest BCUT2D eigenvalue weighted by Crippen LogP contribution is -2.26. The normalized spacial score (nSPS) is 17.4. The number of halogens is 4. The molecule has 112 valence electrons. The maximum Gasteiger partial charge on any atom is 0.391 e. The third-order valence-electron chi connectivity index (χ3n) is 2.90. The van der Waals surface area contributed by atoms with E-state index in [-0.39, 0.29) is 11.2 Å². The number of hydrogen-bond acceptors (Lipinski definition) is 5. The van der Waals surface area contributed by atoms with Crippen LogP contribution in [0, 0.1) is 0 Å². The second-order valence-electron chi connectivity index (χ2n) is 4.79. The summed E-state index contributed by atoms with van der Waals surface area (Å²) < 4.78 is 36.9. The van der Waals surface area contributed by atoms with Gasteiger partial charge in [0.25, 0.3) is 0 Å². The van der Waals surface area contributed by atoms with Crippen LogP contribution in [0.25, 0.3) is 0 Å². The molecule has 0 saturated carbocycles. The second-order valence-corrected chi connectivity index (χ2v) is 5.12. The maximum atomic E-state index is 12.3. The Balaban J connectivity index is 2.07. The van der Waals surface area contributed by atoms with Gasteiger partial charge in [-0.3, -0.25) is 0 Å². The van der Waals surface area contributed by atoms with Crippen LogP contribution in [0.15, 0.2) is 0 Å². The first-order chi connectivity index (χ1) is 9.33. The van der Waals surface area contributed by atoms with Gasteiger partial charge in [0, 0.05) is 19.1 Å². The van der Waals surface area contributed by atoms with Gasteiger partial charge >= 0.3 is 6.18 Å². The molecule has 0 spiro atoms. The van der Waals surface area contributed by atoms with E-state index < -0.39 is 18.6 Å². The number of alkyl halides is 3. The van der Waals surface area contributed by atoms with Gasteiger partial charge in [0.15, 0.2) is 0 Å². The van der Waals surface area contributed by atoms with Crippen LogP contribution >= 0.6 is 11.6 Å². The molecule has 0 amide bonds. The highest BCUT2D eigenvalue weighted by molar-refractivity contribution is 6.28. The van der Waals surface area contributed by atoms with E-state index in [0.29, 0.717) is 5.95 Å². The molecule has 0 aromatic carbocycles. The van der Waals surface area contributed by atoms with Crippen LogP contribution in [-0.2, 0) is 0 Å². The molecular weight excluding hydrogens is 295 g/mol. The number of rotatable bonds is 4. The fraction of sp³-hybridized carbons (Fsp3) is 0.727. The van der Waals surface area contributed by atoms with E-state index in [1.165, 1.54) is 6.92 Å². The number of aromatic nitrogens is 3. The fourth-order valence-electron chi connectivity index (χ4n) is 2.08. The average Bonchev–Trinajstić information content (AvgIpc) is 2.78. The standard InChI is InChI=1S/C11H15ClF3N5/c1-7(6-11(13,14)15)16-9-17-8(12)18-10(19-9)20-4-2-3-5-20/h7H,2-6H2,1H3,(H,16,17,18,19). The van der Waals surface area contributed by atoms with Crippen molar-refractivity contribution in [3.8, 4) is 0 Å². The van der Waals surface area contributed by atoms with Crippen molar-refractivity contribution < 1.29 is 13.2 Å². The molecule has 1 aliphatic heterocycles. The van der Waals surface area contributed by atoms with E-state index in [9.17, 15) is 13.2 Å². The predicted octanol–water partition coefficient (Wildman–Crippen LogP) is 2.88. The topological polar surface area (TPSA) is 53.9 Å². The molecule has 1 aliphatic rings. The van der Waals surface area contributed by atoms with Crippen LogP contribution in [0.4, 0.5) is 25.1 Å². The number of hydrogen-bond donors (Lipinski definition) is 1. The largest absolute Gasteiger partial charge is 0.391 e. The summed E-state index contributed by atoms with van der Waals surface area (Å²) in [4.78, 5) is 13.9. The van der Waals surface area contributed by atoms with Gasteiger partial charge in [0.2, 0.25) is 17.2 Å². The van der Waals surface area contributed by atoms with E-state index in [4.69, 9.17) is 11.6 Å². The SMILES string of the molecule is CC(CC(F)(F)F)Nc1nc(Cl)nc(N2CCCC2)n1. The van der Waals surface area contributed by atoms with Crippen molar-refractivity contribution in [1.29, 1.82) is 0 Å². The minimum absolute atomic E-state index is 0.0244. The molecule has 1 fully saturated rings. The highest BCUT2D eigenvalue weighted by Crippen LogP contribution is 2.23. The van der Waals surface area contributed by atoms with Gasteiger partial charge in [0.05, 0.1) is 6.42 Å². The van der Waals surface area contributed by atoms with Gasteiger partial charge in [-0.25, -0.2) is 0 Å². The lowest BCUT2D eigenvalue weighted by Gasteiger charge is -2.18.